The Kier molecular flexibility index (Phi) is 3.93. The van der Waals surface area contributed by atoms with Gasteiger partial charge in [0.25, 0.3) is 0 Å². The normalized spacial score (nSPS) is 23.3. The second kappa shape index (κ2) is 5.45. The number of carbonyl (C=O) groups excluding carboxylic acids is 1. The number of hydrogen-bond acceptors (Lipinski definition) is 6. The van der Waals surface area contributed by atoms with Crippen molar-refractivity contribution < 1.29 is 19.4 Å². The third-order valence-electron chi connectivity index (χ3n) is 3.21. The summed E-state index contributed by atoms with van der Waals surface area (Å²) in [5.74, 6) is -0.541. The third-order valence-corrected chi connectivity index (χ3v) is 3.21. The number of carbonyl (C=O) groups is 1. The molecule has 0 saturated heterocycles. The summed E-state index contributed by atoms with van der Waals surface area (Å²) < 4.78 is 11.3. The average Bonchev–Trinajstić information content (AvgIpc) is 2.95. The van der Waals surface area contributed by atoms with Crippen molar-refractivity contribution in [2.45, 2.75) is 38.0 Å². The first kappa shape index (κ1) is 13.0. The van der Waals surface area contributed by atoms with E-state index < -0.39 is 12.1 Å². The van der Waals surface area contributed by atoms with Gasteiger partial charge in [-0.15, -0.1) is 5.10 Å². The predicted molar refractivity (Wildman–Crippen MR) is 61.0 cm³/mol. The van der Waals surface area contributed by atoms with Crippen molar-refractivity contribution in [3.05, 3.63) is 11.4 Å². The van der Waals surface area contributed by atoms with Gasteiger partial charge < -0.3 is 14.6 Å². The highest BCUT2D eigenvalue weighted by atomic mass is 16.5. The Bertz CT molecular complexity index is 432. The molecule has 0 spiro atoms. The highest BCUT2D eigenvalue weighted by Gasteiger charge is 2.32. The van der Waals surface area contributed by atoms with Gasteiger partial charge in [-0.2, -0.15) is 0 Å². The predicted octanol–water partition coefficient (Wildman–Crippen LogP) is 0.297. The average molecular weight is 255 g/mol. The molecule has 1 aliphatic rings. The van der Waals surface area contributed by atoms with Gasteiger partial charge in [-0.3, -0.25) is 0 Å². The molecular weight excluding hydrogens is 238 g/mol. The van der Waals surface area contributed by atoms with Crippen molar-refractivity contribution in [1.29, 1.82) is 0 Å². The van der Waals surface area contributed by atoms with E-state index in [4.69, 9.17) is 4.74 Å². The lowest BCUT2D eigenvalue weighted by molar-refractivity contribution is 0.0587. The molecule has 1 saturated carbocycles. The summed E-state index contributed by atoms with van der Waals surface area (Å²) in [6, 6.07) is -0.138. The van der Waals surface area contributed by atoms with Crippen LogP contribution in [0.4, 0.5) is 0 Å². The number of aromatic nitrogens is 3. The van der Waals surface area contributed by atoms with E-state index in [1.54, 1.807) is 4.68 Å². The number of aliphatic hydroxyl groups is 1. The molecule has 100 valence electrons. The molecule has 0 aromatic carbocycles. The number of nitrogens with zero attached hydrogens (tertiary/aromatic N) is 3. The van der Waals surface area contributed by atoms with Crippen LogP contribution in [0.25, 0.3) is 0 Å². The Hall–Kier alpha value is -1.47. The zero-order valence-electron chi connectivity index (χ0n) is 10.5. The Labute approximate surface area is 105 Å². The lowest BCUT2D eigenvalue weighted by Crippen LogP contribution is -2.22. The number of methoxy groups -OCH3 is 2. The molecule has 1 heterocycles. The van der Waals surface area contributed by atoms with Gasteiger partial charge in [0.15, 0.2) is 5.69 Å². The van der Waals surface area contributed by atoms with Crippen LogP contribution in [0, 0.1) is 0 Å². The van der Waals surface area contributed by atoms with Gasteiger partial charge in [0.2, 0.25) is 0 Å². The van der Waals surface area contributed by atoms with Gasteiger partial charge in [-0.1, -0.05) is 5.21 Å². The monoisotopic (exact) mass is 255 g/mol. The lowest BCUT2D eigenvalue weighted by atomic mass is 10.2. The summed E-state index contributed by atoms with van der Waals surface area (Å²) in [4.78, 5) is 11.6. The van der Waals surface area contributed by atoms with Crippen LogP contribution in [-0.2, 0) is 16.1 Å². The highest BCUT2D eigenvalue weighted by Crippen LogP contribution is 2.31. The summed E-state index contributed by atoms with van der Waals surface area (Å²) >= 11 is 0. The third kappa shape index (κ3) is 2.23. The number of rotatable bonds is 4. The molecule has 0 amide bonds. The summed E-state index contributed by atoms with van der Waals surface area (Å²) in [5, 5.41) is 17.7. The smallest absolute Gasteiger partial charge is 0.360 e. The minimum absolute atomic E-state index is 0.138. The quantitative estimate of drug-likeness (QED) is 0.778. The zero-order chi connectivity index (χ0) is 13.1. The van der Waals surface area contributed by atoms with Crippen LogP contribution in [0.1, 0.15) is 41.5 Å². The molecule has 2 rings (SSSR count). The van der Waals surface area contributed by atoms with Gasteiger partial charge in [0.1, 0.15) is 0 Å². The lowest BCUT2D eigenvalue weighted by Gasteiger charge is -2.17. The van der Waals surface area contributed by atoms with E-state index in [2.05, 4.69) is 15.0 Å². The van der Waals surface area contributed by atoms with Crippen LogP contribution in [0.15, 0.2) is 0 Å². The molecule has 0 bridgehead atoms. The molecule has 2 atom stereocenters. The molecule has 7 heteroatoms. The van der Waals surface area contributed by atoms with Gasteiger partial charge in [-0.05, 0) is 19.3 Å². The van der Waals surface area contributed by atoms with E-state index in [1.807, 2.05) is 0 Å². The van der Waals surface area contributed by atoms with Gasteiger partial charge in [0, 0.05) is 7.11 Å². The molecule has 1 aromatic heterocycles. The zero-order valence-corrected chi connectivity index (χ0v) is 10.5. The molecule has 0 aliphatic heterocycles. The van der Waals surface area contributed by atoms with Crippen molar-refractivity contribution in [3.8, 4) is 0 Å². The van der Waals surface area contributed by atoms with Crippen LogP contribution < -0.4 is 0 Å². The van der Waals surface area contributed by atoms with Crippen LogP contribution in [0.2, 0.25) is 0 Å². The van der Waals surface area contributed by atoms with Crippen molar-refractivity contribution in [3.63, 3.8) is 0 Å². The number of esters is 1. The van der Waals surface area contributed by atoms with Crippen molar-refractivity contribution in [2.75, 3.05) is 14.2 Å². The van der Waals surface area contributed by atoms with Crippen LogP contribution in [-0.4, -0.2) is 46.4 Å². The summed E-state index contributed by atoms with van der Waals surface area (Å²) in [6.07, 6.45) is 2.05. The van der Waals surface area contributed by atoms with Gasteiger partial charge >= 0.3 is 5.97 Å². The van der Waals surface area contributed by atoms with Crippen LogP contribution in [0.5, 0.6) is 0 Å². The standard InChI is InChI=1S/C11H17N3O4/c1-17-6-8-10(11(16)18-2)12-13-14(8)7-4-3-5-9(7)15/h7,9,15H,3-6H2,1-2H3. The largest absolute Gasteiger partial charge is 0.464 e. The molecular formula is C11H17N3O4. The van der Waals surface area contributed by atoms with Gasteiger partial charge in [-0.25, -0.2) is 9.48 Å². The molecule has 7 nitrogen and oxygen atoms in total. The first-order valence-electron chi connectivity index (χ1n) is 5.88. The number of hydrogen-bond donors (Lipinski definition) is 1. The van der Waals surface area contributed by atoms with Gasteiger partial charge in [0.05, 0.1) is 31.6 Å². The van der Waals surface area contributed by atoms with E-state index in [1.165, 1.54) is 14.2 Å². The maximum Gasteiger partial charge on any atom is 0.360 e. The summed E-state index contributed by atoms with van der Waals surface area (Å²) in [5.41, 5.74) is 0.703. The van der Waals surface area contributed by atoms with E-state index in [9.17, 15) is 9.90 Å². The first-order valence-corrected chi connectivity index (χ1v) is 5.88. The number of aliphatic hydroxyl groups excluding tert-OH is 1. The molecule has 2 unspecified atom stereocenters. The fourth-order valence-corrected chi connectivity index (χ4v) is 2.31. The molecule has 1 fully saturated rings. The first-order chi connectivity index (χ1) is 8.69. The summed E-state index contributed by atoms with van der Waals surface area (Å²) in [7, 11) is 2.83. The summed E-state index contributed by atoms with van der Waals surface area (Å²) in [6.45, 7) is 0.209. The second-order valence-corrected chi connectivity index (χ2v) is 4.32. The van der Waals surface area contributed by atoms with Crippen LogP contribution >= 0.6 is 0 Å². The second-order valence-electron chi connectivity index (χ2n) is 4.32. The number of ether oxygens (including phenoxy) is 2. The molecule has 1 aromatic rings. The highest BCUT2D eigenvalue weighted by molar-refractivity contribution is 5.88. The topological polar surface area (TPSA) is 86.5 Å². The Morgan fingerprint density at radius 1 is 1.50 bits per heavy atom. The Morgan fingerprint density at radius 2 is 2.28 bits per heavy atom. The van der Waals surface area contributed by atoms with Crippen LogP contribution in [0.3, 0.4) is 0 Å². The fourth-order valence-electron chi connectivity index (χ4n) is 2.31. The van der Waals surface area contributed by atoms with E-state index in [0.29, 0.717) is 5.69 Å². The molecule has 1 N–H and O–H groups in total. The Morgan fingerprint density at radius 3 is 2.83 bits per heavy atom. The van der Waals surface area contributed by atoms with Crippen molar-refractivity contribution in [1.82, 2.24) is 15.0 Å². The molecule has 18 heavy (non-hydrogen) atoms. The van der Waals surface area contributed by atoms with E-state index >= 15 is 0 Å². The minimum atomic E-state index is -0.541. The Balaban J connectivity index is 2.35. The maximum atomic E-state index is 11.6. The molecule has 0 radical (unpaired) electrons. The van der Waals surface area contributed by atoms with Crippen molar-refractivity contribution in [2.24, 2.45) is 0 Å². The van der Waals surface area contributed by atoms with E-state index in [0.717, 1.165) is 19.3 Å². The minimum Gasteiger partial charge on any atom is -0.464 e. The van der Waals surface area contributed by atoms with E-state index in [-0.39, 0.29) is 18.3 Å². The SMILES string of the molecule is COCc1c(C(=O)OC)nnn1C1CCCC1O. The van der Waals surface area contributed by atoms with Crippen molar-refractivity contribution >= 4 is 5.97 Å². The maximum absolute atomic E-state index is 11.6. The fraction of sp³-hybridized carbons (Fsp3) is 0.727. The molecule has 1 aliphatic carbocycles.